The van der Waals surface area contributed by atoms with E-state index in [4.69, 9.17) is 4.98 Å². The highest BCUT2D eigenvalue weighted by atomic mass is 32.1. The molecule has 1 N–H and O–H groups in total. The van der Waals surface area contributed by atoms with E-state index >= 15 is 0 Å². The smallest absolute Gasteiger partial charge is 0.185 e. The number of phenolic OH excluding ortho intramolecular Hbond substituents is 1. The van der Waals surface area contributed by atoms with Gasteiger partial charge in [-0.3, -0.25) is 0 Å². The van der Waals surface area contributed by atoms with Gasteiger partial charge >= 0.3 is 0 Å². The maximum atomic E-state index is 10.1. The molecule has 0 saturated carbocycles. The largest absolute Gasteiger partial charge is 0.507 e. The van der Waals surface area contributed by atoms with Gasteiger partial charge in [0.1, 0.15) is 16.9 Å². The van der Waals surface area contributed by atoms with Crippen molar-refractivity contribution in [2.75, 3.05) is 0 Å². The molecule has 120 valence electrons. The number of aryl methyl sites for hydroxylation is 1. The molecule has 5 rings (SSSR count). The van der Waals surface area contributed by atoms with Crippen molar-refractivity contribution in [2.45, 2.75) is 26.2 Å². The molecule has 0 fully saturated rings. The Bertz CT molecular complexity index is 1080. The number of rotatable bonds is 1. The van der Waals surface area contributed by atoms with Crippen LogP contribution in [0.4, 0.5) is 0 Å². The Hall–Kier alpha value is -2.47. The number of hydrogen-bond acceptors (Lipinski definition) is 5. The molecule has 0 unspecified atom stereocenters. The van der Waals surface area contributed by atoms with Gasteiger partial charge in [-0.1, -0.05) is 19.1 Å². The molecule has 0 bridgehead atoms. The van der Waals surface area contributed by atoms with Crippen LogP contribution in [0.3, 0.4) is 0 Å². The van der Waals surface area contributed by atoms with Gasteiger partial charge in [0.15, 0.2) is 11.5 Å². The van der Waals surface area contributed by atoms with Crippen molar-refractivity contribution in [3.8, 4) is 17.1 Å². The standard InChI is InChI=1S/C18H16N4OS/c1-10-6-7-12-14(8-10)24-18-15(12)17-20-16(21-22(17)9-19-18)11-4-2-3-5-13(11)23/h2-5,9-10,23H,6-8H2,1H3/t10-/m0/s1. The topological polar surface area (TPSA) is 63.3 Å². The van der Waals surface area contributed by atoms with Gasteiger partial charge in [-0.05, 0) is 42.9 Å². The van der Waals surface area contributed by atoms with Gasteiger partial charge in [0.2, 0.25) is 0 Å². The number of nitrogens with zero attached hydrogens (tertiary/aromatic N) is 4. The predicted octanol–water partition coefficient (Wildman–Crippen LogP) is 3.84. The quantitative estimate of drug-likeness (QED) is 0.574. The summed E-state index contributed by atoms with van der Waals surface area (Å²) >= 11 is 1.78. The summed E-state index contributed by atoms with van der Waals surface area (Å²) in [6.07, 6.45) is 5.14. The summed E-state index contributed by atoms with van der Waals surface area (Å²) in [5.41, 5.74) is 2.87. The summed E-state index contributed by atoms with van der Waals surface area (Å²) < 4.78 is 1.73. The van der Waals surface area contributed by atoms with Crippen LogP contribution >= 0.6 is 11.3 Å². The van der Waals surface area contributed by atoms with Crippen LogP contribution in [-0.2, 0) is 12.8 Å². The van der Waals surface area contributed by atoms with Gasteiger partial charge in [-0.2, -0.15) is 0 Å². The third-order valence-corrected chi connectivity index (χ3v) is 5.94. The zero-order chi connectivity index (χ0) is 16.3. The Kier molecular flexibility index (Phi) is 2.91. The molecule has 4 aromatic rings. The number of hydrogen-bond donors (Lipinski definition) is 1. The van der Waals surface area contributed by atoms with Crippen molar-refractivity contribution in [2.24, 2.45) is 5.92 Å². The average Bonchev–Trinajstić information content (AvgIpc) is 3.14. The molecule has 0 aliphatic heterocycles. The first kappa shape index (κ1) is 13.9. The molecular formula is C18H16N4OS. The highest BCUT2D eigenvalue weighted by Crippen LogP contribution is 2.39. The highest BCUT2D eigenvalue weighted by molar-refractivity contribution is 7.19. The molecule has 1 aliphatic carbocycles. The van der Waals surface area contributed by atoms with E-state index in [0.717, 1.165) is 34.6 Å². The SMILES string of the molecule is C[C@H]1CCc2c(sc3ncn4nc(-c5ccccc5O)nc4c23)C1. The summed E-state index contributed by atoms with van der Waals surface area (Å²) in [4.78, 5) is 11.8. The van der Waals surface area contributed by atoms with Gasteiger partial charge in [0, 0.05) is 4.88 Å². The van der Waals surface area contributed by atoms with E-state index in [1.807, 2.05) is 12.1 Å². The highest BCUT2D eigenvalue weighted by Gasteiger charge is 2.24. The Labute approximate surface area is 142 Å². The Morgan fingerprint density at radius 3 is 3.04 bits per heavy atom. The van der Waals surface area contributed by atoms with Crippen LogP contribution in [0.25, 0.3) is 27.3 Å². The summed E-state index contributed by atoms with van der Waals surface area (Å²) in [6.45, 7) is 2.31. The maximum absolute atomic E-state index is 10.1. The average molecular weight is 336 g/mol. The van der Waals surface area contributed by atoms with E-state index in [-0.39, 0.29) is 5.75 Å². The molecule has 1 aromatic carbocycles. The molecule has 3 heterocycles. The minimum Gasteiger partial charge on any atom is -0.507 e. The molecule has 1 atom stereocenters. The second-order valence-corrected chi connectivity index (χ2v) is 7.58. The van der Waals surface area contributed by atoms with Gasteiger partial charge < -0.3 is 5.11 Å². The van der Waals surface area contributed by atoms with Gasteiger partial charge in [0.05, 0.1) is 10.9 Å². The second-order valence-electron chi connectivity index (χ2n) is 6.50. The number of benzene rings is 1. The van der Waals surface area contributed by atoms with E-state index < -0.39 is 0 Å². The lowest BCUT2D eigenvalue weighted by atomic mass is 9.89. The fourth-order valence-electron chi connectivity index (χ4n) is 3.52. The molecule has 0 radical (unpaired) electrons. The van der Waals surface area contributed by atoms with Crippen molar-refractivity contribution >= 4 is 27.2 Å². The zero-order valence-electron chi connectivity index (χ0n) is 13.2. The van der Waals surface area contributed by atoms with E-state index in [0.29, 0.717) is 11.4 Å². The maximum Gasteiger partial charge on any atom is 0.185 e. The molecular weight excluding hydrogens is 320 g/mol. The lowest BCUT2D eigenvalue weighted by molar-refractivity contribution is 0.477. The normalized spacial score (nSPS) is 17.5. The first-order chi connectivity index (χ1) is 11.7. The second kappa shape index (κ2) is 5.01. The monoisotopic (exact) mass is 336 g/mol. The lowest BCUT2D eigenvalue weighted by Crippen LogP contribution is -2.08. The minimum absolute atomic E-state index is 0.193. The number of thiophene rings is 1. The third kappa shape index (κ3) is 1.96. The number of para-hydroxylation sites is 1. The predicted molar refractivity (Wildman–Crippen MR) is 94.5 cm³/mol. The molecule has 5 nitrogen and oxygen atoms in total. The van der Waals surface area contributed by atoms with Crippen molar-refractivity contribution in [3.05, 3.63) is 41.0 Å². The summed E-state index contributed by atoms with van der Waals surface area (Å²) in [5, 5.41) is 15.7. The van der Waals surface area contributed by atoms with E-state index in [2.05, 4.69) is 17.0 Å². The summed E-state index contributed by atoms with van der Waals surface area (Å²) in [5.74, 6) is 1.46. The van der Waals surface area contributed by atoms with Crippen molar-refractivity contribution in [1.29, 1.82) is 0 Å². The van der Waals surface area contributed by atoms with Crippen LogP contribution in [0.2, 0.25) is 0 Å². The van der Waals surface area contributed by atoms with Crippen LogP contribution in [0, 0.1) is 5.92 Å². The van der Waals surface area contributed by atoms with Crippen LogP contribution in [0.5, 0.6) is 5.75 Å². The molecule has 6 heteroatoms. The summed E-state index contributed by atoms with van der Waals surface area (Å²) in [6, 6.07) is 7.16. The fraction of sp³-hybridized carbons (Fsp3) is 0.278. The first-order valence-electron chi connectivity index (χ1n) is 8.14. The number of fused-ring (bicyclic) bond motifs is 5. The summed E-state index contributed by atoms with van der Waals surface area (Å²) in [7, 11) is 0. The molecule has 3 aromatic heterocycles. The van der Waals surface area contributed by atoms with Crippen molar-refractivity contribution in [3.63, 3.8) is 0 Å². The van der Waals surface area contributed by atoms with E-state index in [9.17, 15) is 5.11 Å². The van der Waals surface area contributed by atoms with E-state index in [1.54, 1.807) is 34.3 Å². The van der Waals surface area contributed by atoms with Crippen molar-refractivity contribution < 1.29 is 5.11 Å². The van der Waals surface area contributed by atoms with Gasteiger partial charge in [-0.25, -0.2) is 14.5 Å². The van der Waals surface area contributed by atoms with Gasteiger partial charge in [0.25, 0.3) is 0 Å². The van der Waals surface area contributed by atoms with Crippen LogP contribution in [-0.4, -0.2) is 24.7 Å². The third-order valence-electron chi connectivity index (χ3n) is 4.78. The van der Waals surface area contributed by atoms with Crippen LogP contribution in [0.1, 0.15) is 23.8 Å². The number of aromatic nitrogens is 4. The Morgan fingerprint density at radius 2 is 2.17 bits per heavy atom. The lowest BCUT2D eigenvalue weighted by Gasteiger charge is -2.17. The van der Waals surface area contributed by atoms with Crippen molar-refractivity contribution in [1.82, 2.24) is 19.6 Å². The van der Waals surface area contributed by atoms with Crippen LogP contribution in [0.15, 0.2) is 30.6 Å². The Morgan fingerprint density at radius 1 is 1.29 bits per heavy atom. The minimum atomic E-state index is 0.193. The first-order valence-corrected chi connectivity index (χ1v) is 8.96. The number of phenols is 1. The number of aromatic hydroxyl groups is 1. The van der Waals surface area contributed by atoms with E-state index in [1.165, 1.54) is 16.9 Å². The molecule has 1 aliphatic rings. The molecule has 24 heavy (non-hydrogen) atoms. The molecule has 0 spiro atoms. The fourth-order valence-corrected chi connectivity index (χ4v) is 4.86. The zero-order valence-corrected chi connectivity index (χ0v) is 14.0. The Balaban J connectivity index is 1.78. The van der Waals surface area contributed by atoms with Gasteiger partial charge in [-0.15, -0.1) is 16.4 Å². The molecule has 0 amide bonds. The molecule has 0 saturated heterocycles. The van der Waals surface area contributed by atoms with Crippen LogP contribution < -0.4 is 0 Å².